The fourth-order valence-electron chi connectivity index (χ4n) is 35.0. The topological polar surface area (TPSA) is 0 Å². The molecule has 15 aliphatic rings. The molecule has 0 aromatic heterocycles. The Morgan fingerprint density at radius 1 is 0.133 bits per heavy atom. The predicted octanol–water partition coefficient (Wildman–Crippen LogP) is 31.6. The highest BCUT2D eigenvalue weighted by molar-refractivity contribution is 5.85. The van der Waals surface area contributed by atoms with Gasteiger partial charge in [-0.2, -0.15) is 0 Å². The van der Waals surface area contributed by atoms with Gasteiger partial charge in [0.2, 0.25) is 0 Å². The van der Waals surface area contributed by atoms with Crippen molar-refractivity contribution in [1.82, 2.24) is 0 Å². The first-order valence-electron chi connectivity index (χ1n) is 48.4. The minimum atomic E-state index is 0.383. The van der Waals surface area contributed by atoms with Gasteiger partial charge in [0.25, 0.3) is 0 Å². The molecule has 0 radical (unpaired) electrons. The van der Waals surface area contributed by atoms with Crippen LogP contribution in [0.1, 0.15) is 309 Å². The van der Waals surface area contributed by atoms with Gasteiger partial charge in [-0.3, -0.25) is 0 Å². The van der Waals surface area contributed by atoms with Gasteiger partial charge in [0.05, 0.1) is 0 Å². The average molecular weight is 1580 g/mol. The molecule has 0 heterocycles. The second kappa shape index (κ2) is 27.4. The Hall–Kier alpha value is -7.80. The summed E-state index contributed by atoms with van der Waals surface area (Å²) in [7, 11) is 0. The van der Waals surface area contributed by atoms with Crippen LogP contribution in [-0.4, -0.2) is 0 Å². The Bertz CT molecular complexity index is 4620. The van der Waals surface area contributed by atoms with E-state index >= 15 is 0 Å². The number of benzene rings is 10. The highest BCUT2D eigenvalue weighted by atomic mass is 14.7. The Kier molecular flexibility index (Phi) is 18.1. The second-order valence-corrected chi connectivity index (χ2v) is 46.4. The summed E-state index contributed by atoms with van der Waals surface area (Å²) in [5.74, 6) is 8.31. The third-order valence-electron chi connectivity index (χ3n) is 36.9. The second-order valence-electron chi connectivity index (χ2n) is 46.4. The van der Waals surface area contributed by atoms with E-state index in [2.05, 4.69) is 320 Å². The first-order valence-corrected chi connectivity index (χ1v) is 48.4. The highest BCUT2D eigenvalue weighted by Crippen LogP contribution is 2.78. The van der Waals surface area contributed by atoms with Crippen LogP contribution in [0.4, 0.5) is 0 Å². The summed E-state index contributed by atoms with van der Waals surface area (Å²) in [6.45, 7) is 47.5. The fraction of sp³-hybridized carbons (Fsp3) is 0.500. The normalized spacial score (nSPS) is 36.0. The lowest BCUT2D eigenvalue weighted by Gasteiger charge is -2.48. The zero-order valence-electron chi connectivity index (χ0n) is 77.2. The van der Waals surface area contributed by atoms with Gasteiger partial charge in [0, 0.05) is 54.1 Å². The van der Waals surface area contributed by atoms with E-state index in [4.69, 9.17) is 0 Å². The number of fused-ring (bicyclic) bond motifs is 15. The van der Waals surface area contributed by atoms with Gasteiger partial charge in [0.1, 0.15) is 0 Å². The van der Waals surface area contributed by atoms with Crippen molar-refractivity contribution >= 4 is 0 Å². The number of aryl methyl sites for hydroxylation is 10. The Labute approximate surface area is 724 Å². The summed E-state index contributed by atoms with van der Waals surface area (Å²) in [4.78, 5) is 0. The molecule has 620 valence electrons. The summed E-state index contributed by atoms with van der Waals surface area (Å²) < 4.78 is 0. The first-order chi connectivity index (χ1) is 57.2. The Morgan fingerprint density at radius 2 is 0.208 bits per heavy atom. The molecule has 0 N–H and O–H groups in total. The molecule has 10 aromatic carbocycles. The molecule has 0 unspecified atom stereocenters. The van der Waals surface area contributed by atoms with Crippen molar-refractivity contribution in [3.63, 3.8) is 0 Å². The highest BCUT2D eigenvalue weighted by Gasteiger charge is 2.71. The molecule has 10 fully saturated rings. The van der Waals surface area contributed by atoms with Gasteiger partial charge >= 0.3 is 0 Å². The van der Waals surface area contributed by atoms with E-state index in [1.165, 1.54) is 240 Å². The maximum absolute atomic E-state index is 2.53. The summed E-state index contributed by atoms with van der Waals surface area (Å²) in [5.41, 5.74) is 50.0. The maximum atomic E-state index is 2.53. The van der Waals surface area contributed by atoms with E-state index in [-0.39, 0.29) is 0 Å². The van der Waals surface area contributed by atoms with Crippen LogP contribution in [0.25, 0.3) is 55.6 Å². The average Bonchev–Trinajstić information content (AvgIpc) is 1.53. The van der Waals surface area contributed by atoms with Gasteiger partial charge in [-0.15, -0.1) is 0 Å². The molecular weight excluding hydrogens is 1440 g/mol. The molecule has 0 heteroatoms. The lowest BCUT2D eigenvalue weighted by Crippen LogP contribution is -2.43. The van der Waals surface area contributed by atoms with Crippen LogP contribution in [0.5, 0.6) is 0 Å². The van der Waals surface area contributed by atoms with Crippen LogP contribution in [0.15, 0.2) is 182 Å². The largest absolute Gasteiger partial charge is 0.0624 e. The molecule has 0 bridgehead atoms. The van der Waals surface area contributed by atoms with Crippen molar-refractivity contribution in [2.45, 2.75) is 321 Å². The van der Waals surface area contributed by atoms with E-state index in [1.807, 2.05) is 0 Å². The zero-order valence-corrected chi connectivity index (χ0v) is 77.2. The molecule has 0 amide bonds. The van der Waals surface area contributed by atoms with Gasteiger partial charge in [-0.1, -0.05) is 307 Å². The monoisotopic (exact) mass is 1580 g/mol. The van der Waals surface area contributed by atoms with Crippen LogP contribution in [0, 0.1) is 128 Å². The Morgan fingerprint density at radius 3 is 0.283 bits per heavy atom. The third kappa shape index (κ3) is 10.9. The van der Waals surface area contributed by atoms with Crippen molar-refractivity contribution in [2.24, 2.45) is 59.2 Å². The summed E-state index contributed by atoms with van der Waals surface area (Å²) in [5, 5.41) is 0. The SMILES string of the molecule is Cc1ccc2c(c1)C13CC(C)CC1(CC(C)C3)c1cc(C)ccc1-2.Cc1ccc2c(c1)C13CC(C)CC1(CC(C)C3)c1cc(C)ccc1-2.Cc1ccc2c(c1)C13CC(C)CC1(CC(C)C3)c1cc(C)ccc1-2.Cc1ccc2c(c1)C13CC(C)CC1(CC(C)C3)c1cc(C)ccc1-2.Cc1ccc2c(c1)C13CC(C)CC1(CC(C)C3)c1cc(C)ccc1-2. The molecular formula is C120H140. The van der Waals surface area contributed by atoms with Crippen molar-refractivity contribution in [2.75, 3.05) is 0 Å². The smallest absolute Gasteiger partial charge is 0.00615 e. The van der Waals surface area contributed by atoms with Gasteiger partial charge < -0.3 is 0 Å². The summed E-state index contributed by atoms with van der Waals surface area (Å²) >= 11 is 0. The van der Waals surface area contributed by atoms with Gasteiger partial charge in [-0.05, 0) is 368 Å². The molecule has 120 heavy (non-hydrogen) atoms. The summed E-state index contributed by atoms with van der Waals surface area (Å²) in [6, 6.07) is 72.5. The van der Waals surface area contributed by atoms with Gasteiger partial charge in [-0.25, -0.2) is 0 Å². The van der Waals surface area contributed by atoms with Gasteiger partial charge in [0.15, 0.2) is 0 Å². The van der Waals surface area contributed by atoms with E-state index in [9.17, 15) is 0 Å². The molecule has 0 spiro atoms. The minimum Gasteiger partial charge on any atom is -0.0624 e. The van der Waals surface area contributed by atoms with Crippen LogP contribution in [0.2, 0.25) is 0 Å². The summed E-state index contributed by atoms with van der Waals surface area (Å²) in [6.07, 6.45) is 27.5. The third-order valence-corrected chi connectivity index (χ3v) is 36.9. The van der Waals surface area contributed by atoms with Crippen LogP contribution >= 0.6 is 0 Å². The van der Waals surface area contributed by atoms with Crippen LogP contribution < -0.4 is 0 Å². The van der Waals surface area contributed by atoms with Crippen molar-refractivity contribution in [3.8, 4) is 55.6 Å². The molecule has 0 saturated heterocycles. The zero-order chi connectivity index (χ0) is 83.4. The molecule has 10 aromatic rings. The maximum Gasteiger partial charge on any atom is 0.00615 e. The first kappa shape index (κ1) is 79.4. The number of rotatable bonds is 0. The molecule has 15 aliphatic carbocycles. The lowest BCUT2D eigenvalue weighted by molar-refractivity contribution is 0.299. The number of hydrogen-bond donors (Lipinski definition) is 0. The van der Waals surface area contributed by atoms with E-state index in [1.54, 1.807) is 55.6 Å². The predicted molar refractivity (Wildman–Crippen MR) is 508 cm³/mol. The molecule has 0 nitrogen and oxygen atoms in total. The lowest BCUT2D eigenvalue weighted by atomic mass is 9.55. The van der Waals surface area contributed by atoms with Crippen molar-refractivity contribution < 1.29 is 0 Å². The van der Waals surface area contributed by atoms with Crippen molar-refractivity contribution in [1.29, 1.82) is 0 Å². The van der Waals surface area contributed by atoms with E-state index in [0.29, 0.717) is 54.1 Å². The minimum absolute atomic E-state index is 0.383. The molecule has 10 saturated carbocycles. The van der Waals surface area contributed by atoms with Crippen molar-refractivity contribution in [3.05, 3.63) is 293 Å². The molecule has 0 aliphatic heterocycles. The fourth-order valence-corrected chi connectivity index (χ4v) is 35.0. The van der Waals surface area contributed by atoms with E-state index < -0.39 is 0 Å². The standard InChI is InChI=1S/5C24H28/c5*1-15-5-7-19-20-8-6-16(2)10-22(20)24-13-17(3)11-23(24,21(19)9-15)12-18(4)14-24/h5*5-10,17-18H,11-14H2,1-4H3. The molecule has 0 atom stereocenters. The molecule has 25 rings (SSSR count). The van der Waals surface area contributed by atoms with Crippen LogP contribution in [-0.2, 0) is 54.1 Å². The van der Waals surface area contributed by atoms with E-state index in [0.717, 1.165) is 59.2 Å². The number of hydrogen-bond acceptors (Lipinski definition) is 0. The quantitative estimate of drug-likeness (QED) is 0.142. The Balaban J connectivity index is 0.0000000928. The van der Waals surface area contributed by atoms with Crippen LogP contribution in [0.3, 0.4) is 0 Å².